The number of hydrogen-bond donors (Lipinski definition) is 1. The number of ether oxygens (including phenoxy) is 1. The maximum absolute atomic E-state index is 12.4. The van der Waals surface area contributed by atoms with E-state index in [4.69, 9.17) is 9.26 Å². The molecule has 0 saturated heterocycles. The maximum Gasteiger partial charge on any atom is 0.243 e. The van der Waals surface area contributed by atoms with Crippen molar-refractivity contribution in [1.82, 2.24) is 15.0 Å². The molecule has 1 aromatic heterocycles. The quantitative estimate of drug-likeness (QED) is 0.548. The number of carbonyl (C=O) groups excluding carboxylic acids is 2. The number of aromatic nitrogens is 2. The molecule has 0 aliphatic rings. The highest BCUT2D eigenvalue weighted by molar-refractivity contribution is 5.95. The summed E-state index contributed by atoms with van der Waals surface area (Å²) in [5.41, 5.74) is 3.66. The van der Waals surface area contributed by atoms with Gasteiger partial charge in [-0.2, -0.15) is 4.98 Å². The molecule has 0 fully saturated rings. The normalized spacial score (nSPS) is 10.6. The van der Waals surface area contributed by atoms with Gasteiger partial charge in [-0.25, -0.2) is 0 Å². The van der Waals surface area contributed by atoms with Crippen LogP contribution in [0.1, 0.15) is 30.4 Å². The zero-order valence-electron chi connectivity index (χ0n) is 18.8. The Kier molecular flexibility index (Phi) is 7.59. The van der Waals surface area contributed by atoms with Crippen molar-refractivity contribution in [3.05, 3.63) is 59.5 Å². The molecule has 0 bridgehead atoms. The number of benzene rings is 2. The van der Waals surface area contributed by atoms with Crippen LogP contribution in [-0.4, -0.2) is 47.1 Å². The molecule has 2 aromatic carbocycles. The molecule has 1 N–H and O–H groups in total. The average molecular weight is 437 g/mol. The molecule has 0 atom stereocenters. The second-order valence-electron chi connectivity index (χ2n) is 7.51. The number of carbonyl (C=O) groups is 2. The minimum Gasteiger partial charge on any atom is -0.494 e. The fraction of sp³-hybridized carbons (Fsp3) is 0.333. The molecular formula is C24H28N4O4. The summed E-state index contributed by atoms with van der Waals surface area (Å²) in [4.78, 5) is 30.5. The van der Waals surface area contributed by atoms with Gasteiger partial charge in [0.1, 0.15) is 5.75 Å². The monoisotopic (exact) mass is 436 g/mol. The van der Waals surface area contributed by atoms with Crippen LogP contribution < -0.4 is 10.1 Å². The molecule has 8 heteroatoms. The Bertz CT molecular complexity index is 1080. The molecule has 3 rings (SSSR count). The highest BCUT2D eigenvalue weighted by Gasteiger charge is 2.16. The van der Waals surface area contributed by atoms with Gasteiger partial charge in [0.05, 0.1) is 13.2 Å². The number of hydrogen-bond acceptors (Lipinski definition) is 6. The third-order valence-corrected chi connectivity index (χ3v) is 5.13. The number of rotatable bonds is 9. The largest absolute Gasteiger partial charge is 0.494 e. The van der Waals surface area contributed by atoms with E-state index >= 15 is 0 Å². The lowest BCUT2D eigenvalue weighted by atomic mass is 10.1. The highest BCUT2D eigenvalue weighted by atomic mass is 16.5. The lowest BCUT2D eigenvalue weighted by Gasteiger charge is -2.17. The number of likely N-dealkylation sites (N-methyl/N-ethyl adjacent to an activating group) is 1. The van der Waals surface area contributed by atoms with Gasteiger partial charge in [-0.3, -0.25) is 9.59 Å². The first-order chi connectivity index (χ1) is 15.4. The van der Waals surface area contributed by atoms with Crippen molar-refractivity contribution in [2.24, 2.45) is 0 Å². The van der Waals surface area contributed by atoms with Crippen molar-refractivity contribution in [3.8, 4) is 17.1 Å². The highest BCUT2D eigenvalue weighted by Crippen LogP contribution is 2.20. The van der Waals surface area contributed by atoms with E-state index in [1.54, 1.807) is 7.05 Å². The van der Waals surface area contributed by atoms with Crippen molar-refractivity contribution in [3.63, 3.8) is 0 Å². The summed E-state index contributed by atoms with van der Waals surface area (Å²) in [7, 11) is 1.60. The van der Waals surface area contributed by atoms with E-state index in [1.807, 2.05) is 63.2 Å². The predicted octanol–water partition coefficient (Wildman–Crippen LogP) is 3.78. The third kappa shape index (κ3) is 5.94. The van der Waals surface area contributed by atoms with Gasteiger partial charge in [-0.05, 0) is 62.2 Å². The fourth-order valence-electron chi connectivity index (χ4n) is 3.13. The van der Waals surface area contributed by atoms with Crippen LogP contribution >= 0.6 is 0 Å². The van der Waals surface area contributed by atoms with Crippen LogP contribution in [0.5, 0.6) is 5.75 Å². The summed E-state index contributed by atoms with van der Waals surface area (Å²) in [6, 6.07) is 13.1. The molecule has 2 amide bonds. The summed E-state index contributed by atoms with van der Waals surface area (Å²) in [6.07, 6.45) is 0.462. The molecule has 0 aliphatic carbocycles. The van der Waals surface area contributed by atoms with Crippen LogP contribution in [0.2, 0.25) is 0 Å². The molecule has 0 radical (unpaired) electrons. The Morgan fingerprint density at radius 3 is 2.59 bits per heavy atom. The third-order valence-electron chi connectivity index (χ3n) is 5.13. The van der Waals surface area contributed by atoms with Gasteiger partial charge >= 0.3 is 0 Å². The molecule has 0 spiro atoms. The van der Waals surface area contributed by atoms with Crippen LogP contribution in [0.4, 0.5) is 5.69 Å². The Labute approximate surface area is 187 Å². The Balaban J connectivity index is 1.49. The summed E-state index contributed by atoms with van der Waals surface area (Å²) in [5.74, 6) is 1.18. The minimum absolute atomic E-state index is 0.0342. The van der Waals surface area contributed by atoms with E-state index in [0.29, 0.717) is 24.7 Å². The molecule has 0 unspecified atom stereocenters. The first-order valence-corrected chi connectivity index (χ1v) is 10.5. The topological polar surface area (TPSA) is 97.6 Å². The second-order valence-corrected chi connectivity index (χ2v) is 7.51. The Hall–Kier alpha value is -3.68. The summed E-state index contributed by atoms with van der Waals surface area (Å²) >= 11 is 0. The molecule has 0 saturated carbocycles. The van der Waals surface area contributed by atoms with Crippen LogP contribution in [0.25, 0.3) is 11.4 Å². The molecule has 1 heterocycles. The minimum atomic E-state index is -0.245. The zero-order chi connectivity index (χ0) is 23.1. The number of nitrogens with zero attached hydrogens (tertiary/aromatic N) is 3. The van der Waals surface area contributed by atoms with Crippen LogP contribution in [0, 0.1) is 13.8 Å². The lowest BCUT2D eigenvalue weighted by molar-refractivity contribution is -0.133. The number of nitrogens with one attached hydrogen (secondary N) is 1. The van der Waals surface area contributed by atoms with E-state index in [-0.39, 0.29) is 24.8 Å². The van der Waals surface area contributed by atoms with E-state index in [0.717, 1.165) is 28.1 Å². The molecule has 0 aliphatic heterocycles. The van der Waals surface area contributed by atoms with Gasteiger partial charge in [-0.15, -0.1) is 0 Å². The van der Waals surface area contributed by atoms with Crippen LogP contribution in [0.3, 0.4) is 0 Å². The van der Waals surface area contributed by atoms with Gasteiger partial charge in [0.2, 0.25) is 23.5 Å². The van der Waals surface area contributed by atoms with Crippen molar-refractivity contribution < 1.29 is 18.8 Å². The van der Waals surface area contributed by atoms with Gasteiger partial charge < -0.3 is 19.5 Å². The Morgan fingerprint density at radius 2 is 1.88 bits per heavy atom. The number of aryl methyl sites for hydroxylation is 2. The standard InChI is InChI=1S/C24H28N4O4/c1-5-31-19-11-9-18(10-12-19)24-26-22(32-27-24)13-14-23(30)28(4)15-21(29)25-20-8-6-7-16(2)17(20)3/h6-12H,5,13-15H2,1-4H3,(H,25,29). The number of anilines is 1. The Morgan fingerprint density at radius 1 is 1.12 bits per heavy atom. The lowest BCUT2D eigenvalue weighted by Crippen LogP contribution is -2.35. The molecule has 8 nitrogen and oxygen atoms in total. The van der Waals surface area contributed by atoms with Crippen molar-refractivity contribution in [1.29, 1.82) is 0 Å². The number of amides is 2. The smallest absolute Gasteiger partial charge is 0.243 e. The van der Waals surface area contributed by atoms with Crippen LogP contribution in [-0.2, 0) is 16.0 Å². The maximum atomic E-state index is 12.4. The van der Waals surface area contributed by atoms with Gasteiger partial charge in [0, 0.05) is 31.1 Å². The summed E-state index contributed by atoms with van der Waals surface area (Å²) in [6.45, 7) is 6.43. The van der Waals surface area contributed by atoms with Crippen molar-refractivity contribution in [2.75, 3.05) is 25.5 Å². The second kappa shape index (κ2) is 10.6. The van der Waals surface area contributed by atoms with Crippen LogP contribution in [0.15, 0.2) is 47.0 Å². The first-order valence-electron chi connectivity index (χ1n) is 10.5. The summed E-state index contributed by atoms with van der Waals surface area (Å²) in [5, 5.41) is 6.84. The van der Waals surface area contributed by atoms with Crippen molar-refractivity contribution in [2.45, 2.75) is 33.6 Å². The zero-order valence-corrected chi connectivity index (χ0v) is 18.8. The average Bonchev–Trinajstić information content (AvgIpc) is 3.25. The van der Waals surface area contributed by atoms with E-state index in [2.05, 4.69) is 15.5 Å². The first kappa shape index (κ1) is 23.0. The van der Waals surface area contributed by atoms with E-state index in [1.165, 1.54) is 4.90 Å². The fourth-order valence-corrected chi connectivity index (χ4v) is 3.13. The van der Waals surface area contributed by atoms with E-state index < -0.39 is 0 Å². The molecular weight excluding hydrogens is 408 g/mol. The molecule has 32 heavy (non-hydrogen) atoms. The predicted molar refractivity (Wildman–Crippen MR) is 121 cm³/mol. The SMILES string of the molecule is CCOc1ccc(-c2noc(CCC(=O)N(C)CC(=O)Nc3cccc(C)c3C)n2)cc1. The van der Waals surface area contributed by atoms with Crippen molar-refractivity contribution >= 4 is 17.5 Å². The summed E-state index contributed by atoms with van der Waals surface area (Å²) < 4.78 is 10.7. The van der Waals surface area contributed by atoms with Gasteiger partial charge in [0.25, 0.3) is 0 Å². The van der Waals surface area contributed by atoms with Gasteiger partial charge in [-0.1, -0.05) is 17.3 Å². The van der Waals surface area contributed by atoms with Gasteiger partial charge in [0.15, 0.2) is 0 Å². The molecule has 168 valence electrons. The van der Waals surface area contributed by atoms with E-state index in [9.17, 15) is 9.59 Å². The molecule has 3 aromatic rings.